The number of fused-ring (bicyclic) bond motifs is 16. The maximum Gasteiger partial charge on any atom is 0.264 e. The molecule has 0 radical (unpaired) electrons. The van der Waals surface area contributed by atoms with Gasteiger partial charge >= 0.3 is 0 Å². The van der Waals surface area contributed by atoms with Crippen LogP contribution in [0.15, 0.2) is 194 Å². The Balaban J connectivity index is 1.08. The van der Waals surface area contributed by atoms with Gasteiger partial charge < -0.3 is 9.80 Å². The predicted octanol–water partition coefficient (Wildman–Crippen LogP) is 14.9. The molecule has 2 aliphatic heterocycles. The molecule has 318 valence electrons. The number of thiophene rings is 1. The maximum atomic E-state index is 2.61. The summed E-state index contributed by atoms with van der Waals surface area (Å²) in [5, 5.41) is 1.31. The zero-order valence-corrected chi connectivity index (χ0v) is 39.2. The first-order valence-corrected chi connectivity index (χ1v) is 24.5. The van der Waals surface area contributed by atoms with Gasteiger partial charge in [0.1, 0.15) is 0 Å². The second-order valence-electron chi connectivity index (χ2n) is 20.2. The Morgan fingerprint density at radius 2 is 1.07 bits per heavy atom. The Labute approximate surface area is 397 Å². The number of nitrogens with zero attached hydrogens (tertiary/aromatic N) is 2. The fourth-order valence-electron chi connectivity index (χ4n) is 12.4. The van der Waals surface area contributed by atoms with E-state index >= 15 is 0 Å². The van der Waals surface area contributed by atoms with Crippen molar-refractivity contribution in [3.8, 4) is 33.4 Å². The van der Waals surface area contributed by atoms with Gasteiger partial charge in [-0.25, -0.2) is 0 Å². The van der Waals surface area contributed by atoms with Gasteiger partial charge in [-0.2, -0.15) is 0 Å². The van der Waals surface area contributed by atoms with Crippen LogP contribution in [-0.4, -0.2) is 6.71 Å². The number of anilines is 6. The Kier molecular flexibility index (Phi) is 8.01. The lowest BCUT2D eigenvalue weighted by Crippen LogP contribution is -2.60. The molecule has 2 nitrogen and oxygen atoms in total. The van der Waals surface area contributed by atoms with E-state index in [-0.39, 0.29) is 12.1 Å². The number of para-hydroxylation sites is 1. The standard InChI is InChI=1S/C63H47BN2S/c1-38-24-30-47-48-36-49-58(37-53(48)63(52(47)32-38)50-22-14-12-20-45(50)46-21-13-15-23-51(46)63)67-61-60(49)66(43-18-10-7-11-19-43)57-34-39(2)33-56-59(57)64(61)54-31-25-41(40-16-8-6-9-17-40)35-55(54)65(56)44-28-26-42(27-29-44)62(3,4)5/h6-37H,1-5H3. The lowest BCUT2D eigenvalue weighted by Gasteiger charge is -2.43. The van der Waals surface area contributed by atoms with Crippen molar-refractivity contribution < 1.29 is 0 Å². The van der Waals surface area contributed by atoms with Crippen LogP contribution in [0.3, 0.4) is 0 Å². The van der Waals surface area contributed by atoms with E-state index in [0.29, 0.717) is 0 Å². The van der Waals surface area contributed by atoms with E-state index in [9.17, 15) is 0 Å². The summed E-state index contributed by atoms with van der Waals surface area (Å²) < 4.78 is 2.71. The van der Waals surface area contributed by atoms with Crippen molar-refractivity contribution >= 4 is 78.0 Å². The van der Waals surface area contributed by atoms with E-state index in [4.69, 9.17) is 0 Å². The summed E-state index contributed by atoms with van der Waals surface area (Å²) in [5.41, 5.74) is 26.9. The lowest BCUT2D eigenvalue weighted by molar-refractivity contribution is 0.590. The van der Waals surface area contributed by atoms with Crippen LogP contribution in [0, 0.1) is 13.8 Å². The minimum Gasteiger partial charge on any atom is -0.311 e. The highest BCUT2D eigenvalue weighted by atomic mass is 32.1. The number of benzene rings is 9. The average Bonchev–Trinajstić information content (AvgIpc) is 3.96. The first-order chi connectivity index (χ1) is 32.7. The summed E-state index contributed by atoms with van der Waals surface area (Å²) in [6.07, 6.45) is 0. The van der Waals surface area contributed by atoms with Gasteiger partial charge in [0.15, 0.2) is 0 Å². The highest BCUT2D eigenvalue weighted by molar-refractivity contribution is 7.33. The number of aryl methyl sites for hydroxylation is 2. The van der Waals surface area contributed by atoms with Crippen LogP contribution in [0.2, 0.25) is 0 Å². The predicted molar refractivity (Wildman–Crippen MR) is 286 cm³/mol. The molecule has 0 saturated heterocycles. The van der Waals surface area contributed by atoms with Crippen LogP contribution in [0.25, 0.3) is 43.5 Å². The van der Waals surface area contributed by atoms with E-state index in [0.717, 1.165) is 0 Å². The van der Waals surface area contributed by atoms with Gasteiger partial charge in [-0.15, -0.1) is 11.3 Å². The normalized spacial score (nSPS) is 14.4. The number of hydrogen-bond donors (Lipinski definition) is 0. The van der Waals surface area contributed by atoms with Crippen LogP contribution < -0.4 is 25.5 Å². The first kappa shape index (κ1) is 38.8. The average molecular weight is 875 g/mol. The minimum absolute atomic E-state index is 0.0227. The van der Waals surface area contributed by atoms with Gasteiger partial charge in [-0.05, 0) is 152 Å². The second-order valence-corrected chi connectivity index (χ2v) is 21.3. The topological polar surface area (TPSA) is 6.48 Å². The van der Waals surface area contributed by atoms with E-state index in [1.807, 2.05) is 11.3 Å². The molecule has 0 unspecified atom stereocenters. The quantitative estimate of drug-likeness (QED) is 0.163. The minimum atomic E-state index is -0.413. The molecule has 1 aromatic heterocycles. The largest absolute Gasteiger partial charge is 0.311 e. The third-order valence-corrected chi connectivity index (χ3v) is 16.5. The zero-order chi connectivity index (χ0) is 44.9. The lowest BCUT2D eigenvalue weighted by atomic mass is 9.36. The number of hydrogen-bond acceptors (Lipinski definition) is 3. The molecule has 0 bridgehead atoms. The van der Waals surface area contributed by atoms with Crippen molar-refractivity contribution in [3.05, 3.63) is 233 Å². The van der Waals surface area contributed by atoms with Crippen molar-refractivity contribution in [2.24, 2.45) is 0 Å². The fraction of sp³-hybridized carbons (Fsp3) is 0.111. The van der Waals surface area contributed by atoms with Gasteiger partial charge in [0.25, 0.3) is 6.71 Å². The second kappa shape index (κ2) is 13.8. The van der Waals surface area contributed by atoms with Gasteiger partial charge in [0.2, 0.25) is 0 Å². The van der Waals surface area contributed by atoms with Crippen LogP contribution in [-0.2, 0) is 10.8 Å². The Morgan fingerprint density at radius 3 is 1.78 bits per heavy atom. The Morgan fingerprint density at radius 1 is 0.463 bits per heavy atom. The molecule has 0 saturated carbocycles. The molecular weight excluding hydrogens is 828 g/mol. The summed E-state index contributed by atoms with van der Waals surface area (Å²) in [5.74, 6) is 0. The summed E-state index contributed by atoms with van der Waals surface area (Å²) >= 11 is 2.00. The van der Waals surface area contributed by atoms with Crippen molar-refractivity contribution in [1.29, 1.82) is 0 Å². The van der Waals surface area contributed by atoms with Gasteiger partial charge in [0.05, 0.1) is 11.1 Å². The molecule has 10 aromatic rings. The van der Waals surface area contributed by atoms with Gasteiger partial charge in [0, 0.05) is 43.3 Å². The van der Waals surface area contributed by atoms with E-state index in [2.05, 4.69) is 239 Å². The van der Waals surface area contributed by atoms with E-state index < -0.39 is 5.41 Å². The Bertz CT molecular complexity index is 3660. The zero-order valence-electron chi connectivity index (χ0n) is 38.4. The molecule has 4 heteroatoms. The Hall–Kier alpha value is -7.40. The summed E-state index contributed by atoms with van der Waals surface area (Å²) in [6, 6.07) is 74.2. The smallest absolute Gasteiger partial charge is 0.264 e. The molecule has 3 heterocycles. The summed E-state index contributed by atoms with van der Waals surface area (Å²) in [4.78, 5) is 5.16. The summed E-state index contributed by atoms with van der Waals surface area (Å²) in [6.45, 7) is 11.4. The molecule has 0 N–H and O–H groups in total. The van der Waals surface area contributed by atoms with Crippen molar-refractivity contribution in [1.82, 2.24) is 0 Å². The molecule has 1 spiro atoms. The maximum absolute atomic E-state index is 2.61. The molecule has 67 heavy (non-hydrogen) atoms. The van der Waals surface area contributed by atoms with Crippen LogP contribution in [0.4, 0.5) is 34.1 Å². The fourth-order valence-corrected chi connectivity index (χ4v) is 13.7. The van der Waals surface area contributed by atoms with Crippen molar-refractivity contribution in [3.63, 3.8) is 0 Å². The molecule has 0 atom stereocenters. The molecule has 9 aromatic carbocycles. The highest BCUT2D eigenvalue weighted by Crippen LogP contribution is 2.64. The highest BCUT2D eigenvalue weighted by Gasteiger charge is 2.53. The van der Waals surface area contributed by atoms with Crippen molar-refractivity contribution in [2.45, 2.75) is 45.4 Å². The van der Waals surface area contributed by atoms with Crippen LogP contribution in [0.5, 0.6) is 0 Å². The third kappa shape index (κ3) is 5.28. The van der Waals surface area contributed by atoms with Crippen LogP contribution in [0.1, 0.15) is 59.7 Å². The SMILES string of the molecule is Cc1cc2c3c(c1)N(c1ccccc1)c1c(sc4cc5c(cc14)-c1ccc(C)cc1C51c4ccccc4-c4ccccc41)B3c1ccc(-c3ccccc3)cc1N2c1ccc(C(C)(C)C)cc1. The van der Waals surface area contributed by atoms with Gasteiger partial charge in [-0.3, -0.25) is 0 Å². The molecule has 0 fully saturated rings. The molecule has 4 aliphatic rings. The van der Waals surface area contributed by atoms with Crippen LogP contribution >= 0.6 is 11.3 Å². The summed E-state index contributed by atoms with van der Waals surface area (Å²) in [7, 11) is 0. The number of rotatable bonds is 3. The molecular formula is C63H47BN2S. The molecule has 2 aliphatic carbocycles. The van der Waals surface area contributed by atoms with Crippen molar-refractivity contribution in [2.75, 3.05) is 9.80 Å². The van der Waals surface area contributed by atoms with Gasteiger partial charge in [-0.1, -0.05) is 166 Å². The monoisotopic (exact) mass is 874 g/mol. The van der Waals surface area contributed by atoms with E-state index in [1.165, 1.54) is 132 Å². The van der Waals surface area contributed by atoms with E-state index in [1.54, 1.807) is 0 Å². The third-order valence-electron chi connectivity index (χ3n) is 15.3. The first-order valence-electron chi connectivity index (χ1n) is 23.7. The molecule has 0 amide bonds. The molecule has 14 rings (SSSR count).